The molecule has 0 bridgehead atoms. The van der Waals surface area contributed by atoms with Crippen molar-refractivity contribution in [1.82, 2.24) is 31.6 Å². The number of carboxylic acid groups (broad SMARTS) is 2. The third-order valence-corrected chi connectivity index (χ3v) is 7.61. The van der Waals surface area contributed by atoms with Crippen LogP contribution in [0.25, 0.3) is 10.9 Å². The SMILES string of the molecule is CC(C)C[C@@H]1NC(=O)[C@@H](C(C)C)NC(=O)[C@H](CCC(=O)O)NC(=O)[C@@H](CC(=O)O)NC(=O)[C@@H](Cc2c[nH]c3ccccc23)NC1=O. The first-order chi connectivity index (χ1) is 21.7. The van der Waals surface area contributed by atoms with E-state index in [1.165, 1.54) is 0 Å². The highest BCUT2D eigenvalue weighted by Gasteiger charge is 2.36. The molecule has 0 spiro atoms. The molecule has 5 amide bonds. The number of nitrogens with one attached hydrogen (secondary N) is 6. The van der Waals surface area contributed by atoms with Crippen LogP contribution in [0.2, 0.25) is 0 Å². The van der Waals surface area contributed by atoms with E-state index in [4.69, 9.17) is 0 Å². The van der Waals surface area contributed by atoms with Gasteiger partial charge in [-0.1, -0.05) is 45.9 Å². The third-order valence-electron chi connectivity index (χ3n) is 7.61. The molecule has 0 radical (unpaired) electrons. The van der Waals surface area contributed by atoms with Gasteiger partial charge in [0.25, 0.3) is 0 Å². The van der Waals surface area contributed by atoms with Gasteiger partial charge in [-0.2, -0.15) is 0 Å². The van der Waals surface area contributed by atoms with Crippen molar-refractivity contribution < 1.29 is 43.8 Å². The summed E-state index contributed by atoms with van der Waals surface area (Å²) in [7, 11) is 0. The van der Waals surface area contributed by atoms with E-state index in [0.717, 1.165) is 10.9 Å². The van der Waals surface area contributed by atoms with Crippen LogP contribution >= 0.6 is 0 Å². The molecule has 1 aliphatic rings. The molecule has 8 N–H and O–H groups in total. The summed E-state index contributed by atoms with van der Waals surface area (Å²) in [6, 6.07) is 0.498. The van der Waals surface area contributed by atoms with Gasteiger partial charge in [-0.15, -0.1) is 0 Å². The van der Waals surface area contributed by atoms with Crippen LogP contribution in [0, 0.1) is 11.8 Å². The summed E-state index contributed by atoms with van der Waals surface area (Å²) < 4.78 is 0. The summed E-state index contributed by atoms with van der Waals surface area (Å²) in [6.45, 7) is 6.99. The first-order valence-electron chi connectivity index (χ1n) is 15.2. The van der Waals surface area contributed by atoms with Gasteiger partial charge in [0.15, 0.2) is 0 Å². The molecule has 2 aromatic rings. The Hall–Kier alpha value is -4.95. The summed E-state index contributed by atoms with van der Waals surface area (Å²) in [6.07, 6.45) is 0.0118. The summed E-state index contributed by atoms with van der Waals surface area (Å²) in [4.78, 5) is 93.8. The highest BCUT2D eigenvalue weighted by atomic mass is 16.4. The standard InChI is InChI=1S/C31H42N6O9/c1-15(2)11-21-28(43)34-22(12-17-14-32-19-8-6-5-7-18(17)19)29(44)35-23(13-25(40)41)30(45)33-20(9-10-24(38)39)27(42)37-26(16(3)4)31(46)36-21/h5-8,14-16,20-23,26,32H,9-13H2,1-4H3,(H,33,45)(H,34,43)(H,35,44)(H,36,46)(H,37,42)(H,38,39)(H,40,41)/t20-,21-,22+,23+,26+/m0/s1. The number of rotatable bonds is 10. The van der Waals surface area contributed by atoms with Gasteiger partial charge >= 0.3 is 11.9 Å². The molecule has 1 fully saturated rings. The number of fused-ring (bicyclic) bond motifs is 1. The molecule has 1 saturated heterocycles. The Bertz CT molecular complexity index is 1470. The number of aromatic nitrogens is 1. The quantitative estimate of drug-likeness (QED) is 0.176. The van der Waals surface area contributed by atoms with Gasteiger partial charge in [0.05, 0.1) is 6.42 Å². The molecule has 46 heavy (non-hydrogen) atoms. The van der Waals surface area contributed by atoms with Crippen LogP contribution in [-0.2, 0) is 40.0 Å². The highest BCUT2D eigenvalue weighted by molar-refractivity contribution is 5.99. The Kier molecular flexibility index (Phi) is 12.3. The maximum absolute atomic E-state index is 13.7. The normalized spacial score (nSPS) is 23.5. The molecule has 0 saturated carbocycles. The molecular formula is C31H42N6O9. The van der Waals surface area contributed by atoms with Gasteiger partial charge in [0.1, 0.15) is 30.2 Å². The van der Waals surface area contributed by atoms with E-state index in [0.29, 0.717) is 5.56 Å². The lowest BCUT2D eigenvalue weighted by atomic mass is 9.98. The molecule has 0 aliphatic carbocycles. The first kappa shape index (κ1) is 35.5. The zero-order valence-corrected chi connectivity index (χ0v) is 26.2. The van der Waals surface area contributed by atoms with E-state index in [1.54, 1.807) is 26.1 Å². The van der Waals surface area contributed by atoms with Gasteiger partial charge in [-0.25, -0.2) is 0 Å². The smallest absolute Gasteiger partial charge is 0.305 e. The Labute approximate surface area is 265 Å². The number of para-hydroxylation sites is 1. The van der Waals surface area contributed by atoms with Crippen molar-refractivity contribution in [3.05, 3.63) is 36.0 Å². The Morgan fingerprint density at radius 1 is 0.717 bits per heavy atom. The van der Waals surface area contributed by atoms with Gasteiger partial charge in [-0.3, -0.25) is 33.6 Å². The van der Waals surface area contributed by atoms with Crippen molar-refractivity contribution in [2.75, 3.05) is 0 Å². The second kappa shape index (κ2) is 15.9. The zero-order chi connectivity index (χ0) is 34.1. The van der Waals surface area contributed by atoms with Crippen LogP contribution in [0.5, 0.6) is 0 Å². The molecule has 0 unspecified atom stereocenters. The summed E-state index contributed by atoms with van der Waals surface area (Å²) >= 11 is 0. The van der Waals surface area contributed by atoms with Crippen LogP contribution in [0.3, 0.4) is 0 Å². The average molecular weight is 643 g/mol. The molecule has 5 atom stereocenters. The van der Waals surface area contributed by atoms with Crippen LogP contribution in [0.4, 0.5) is 0 Å². The molecule has 250 valence electrons. The van der Waals surface area contributed by atoms with E-state index in [9.17, 15) is 43.8 Å². The Balaban J connectivity index is 2.09. The van der Waals surface area contributed by atoms with Crippen LogP contribution < -0.4 is 26.6 Å². The summed E-state index contributed by atoms with van der Waals surface area (Å²) in [5.74, 6) is -7.47. The lowest BCUT2D eigenvalue weighted by molar-refractivity contribution is -0.141. The van der Waals surface area contributed by atoms with Gasteiger partial charge in [0, 0.05) is 29.9 Å². The number of amides is 5. The van der Waals surface area contributed by atoms with Crippen molar-refractivity contribution in [3.63, 3.8) is 0 Å². The van der Waals surface area contributed by atoms with Crippen LogP contribution in [0.15, 0.2) is 30.5 Å². The summed E-state index contributed by atoms with van der Waals surface area (Å²) in [5.41, 5.74) is 1.43. The number of carboxylic acids is 2. The fraction of sp³-hybridized carbons (Fsp3) is 0.516. The van der Waals surface area contributed by atoms with Gasteiger partial charge in [-0.05, 0) is 36.3 Å². The molecule has 15 nitrogen and oxygen atoms in total. The minimum Gasteiger partial charge on any atom is -0.481 e. The lowest BCUT2D eigenvalue weighted by Gasteiger charge is -2.28. The lowest BCUT2D eigenvalue weighted by Crippen LogP contribution is -2.59. The maximum Gasteiger partial charge on any atom is 0.305 e. The molecule has 3 rings (SSSR count). The minimum atomic E-state index is -1.69. The first-order valence-corrected chi connectivity index (χ1v) is 15.2. The van der Waals surface area contributed by atoms with E-state index < -0.39 is 90.4 Å². The molecule has 2 heterocycles. The number of carbonyl (C=O) groups is 7. The monoisotopic (exact) mass is 642 g/mol. The topological polar surface area (TPSA) is 236 Å². The largest absolute Gasteiger partial charge is 0.481 e. The Morgan fingerprint density at radius 3 is 1.91 bits per heavy atom. The van der Waals surface area contributed by atoms with Gasteiger partial charge < -0.3 is 41.8 Å². The van der Waals surface area contributed by atoms with Crippen LogP contribution in [0.1, 0.15) is 58.9 Å². The number of aliphatic carboxylic acids is 2. The minimum absolute atomic E-state index is 0.0543. The number of carbonyl (C=O) groups excluding carboxylic acids is 5. The molecule has 1 aromatic carbocycles. The second-order valence-corrected chi connectivity index (χ2v) is 12.2. The van der Waals surface area contributed by atoms with Crippen molar-refractivity contribution in [3.8, 4) is 0 Å². The molecule has 15 heteroatoms. The second-order valence-electron chi connectivity index (χ2n) is 12.2. The fourth-order valence-corrected chi connectivity index (χ4v) is 5.22. The molecular weight excluding hydrogens is 600 g/mol. The number of H-pyrrole nitrogens is 1. The molecule has 1 aliphatic heterocycles. The van der Waals surface area contributed by atoms with Crippen LogP contribution in [-0.4, -0.2) is 86.9 Å². The van der Waals surface area contributed by atoms with Crippen molar-refractivity contribution in [2.45, 2.75) is 90.0 Å². The van der Waals surface area contributed by atoms with Gasteiger partial charge in [0.2, 0.25) is 29.5 Å². The van der Waals surface area contributed by atoms with E-state index in [1.807, 2.05) is 32.0 Å². The zero-order valence-electron chi connectivity index (χ0n) is 26.2. The van der Waals surface area contributed by atoms with Crippen molar-refractivity contribution in [1.29, 1.82) is 0 Å². The summed E-state index contributed by atoms with van der Waals surface area (Å²) in [5, 5.41) is 32.2. The molecule has 1 aromatic heterocycles. The van der Waals surface area contributed by atoms with Crippen molar-refractivity contribution >= 4 is 52.4 Å². The average Bonchev–Trinajstić information content (AvgIpc) is 3.38. The van der Waals surface area contributed by atoms with E-state index >= 15 is 0 Å². The number of aromatic amines is 1. The number of hydrogen-bond acceptors (Lipinski definition) is 7. The Morgan fingerprint density at radius 2 is 1.28 bits per heavy atom. The predicted octanol–water partition coefficient (Wildman–Crippen LogP) is 0.190. The highest BCUT2D eigenvalue weighted by Crippen LogP contribution is 2.20. The van der Waals surface area contributed by atoms with Crippen molar-refractivity contribution in [2.24, 2.45) is 11.8 Å². The van der Waals surface area contributed by atoms with E-state index in [2.05, 4.69) is 31.6 Å². The maximum atomic E-state index is 13.7. The third kappa shape index (κ3) is 9.78. The number of hydrogen-bond donors (Lipinski definition) is 8. The number of benzene rings is 1. The predicted molar refractivity (Wildman–Crippen MR) is 165 cm³/mol. The fourth-order valence-electron chi connectivity index (χ4n) is 5.22. The van der Waals surface area contributed by atoms with E-state index in [-0.39, 0.29) is 25.2 Å².